The molecule has 5 nitrogen and oxygen atoms in total. The number of nitrogens with one attached hydrogen (secondary N) is 2. The number of carbonyl (C=O) groups is 1. The Bertz CT molecular complexity index is 847. The largest absolute Gasteiger partial charge is 0.325 e. The molecule has 3 rings (SSSR count). The average Bonchev–Trinajstić information content (AvgIpc) is 3.19. The maximum atomic E-state index is 12.3. The smallest absolute Gasteiger partial charge is 0.244 e. The first-order valence-electron chi connectivity index (χ1n) is 7.25. The summed E-state index contributed by atoms with van der Waals surface area (Å²) in [4.78, 5) is 13.3. The van der Waals surface area contributed by atoms with Crippen LogP contribution in [-0.4, -0.2) is 20.7 Å². The monoisotopic (exact) mass is 344 g/mol. The Hall–Kier alpha value is -2.25. The zero-order valence-electron chi connectivity index (χ0n) is 12.6. The molecule has 0 aliphatic carbocycles. The third kappa shape index (κ3) is 3.57. The van der Waals surface area contributed by atoms with Crippen molar-refractivity contribution in [1.82, 2.24) is 14.8 Å². The van der Waals surface area contributed by atoms with Crippen molar-refractivity contribution < 1.29 is 4.79 Å². The van der Waals surface area contributed by atoms with Crippen molar-refractivity contribution in [1.29, 1.82) is 0 Å². The van der Waals surface area contributed by atoms with Gasteiger partial charge in [-0.25, -0.2) is 0 Å². The number of rotatable bonds is 5. The van der Waals surface area contributed by atoms with E-state index in [-0.39, 0.29) is 12.5 Å². The second kappa shape index (κ2) is 6.89. The summed E-state index contributed by atoms with van der Waals surface area (Å²) in [6, 6.07) is 11.7. The van der Waals surface area contributed by atoms with Gasteiger partial charge in [0, 0.05) is 5.69 Å². The molecular formula is C16H16N4OS2. The van der Waals surface area contributed by atoms with E-state index in [0.717, 1.165) is 17.0 Å². The number of H-pyrrole nitrogens is 1. The second-order valence-corrected chi connectivity index (χ2v) is 6.35. The number of hydrogen-bond donors (Lipinski definition) is 2. The van der Waals surface area contributed by atoms with Crippen molar-refractivity contribution in [2.75, 3.05) is 5.32 Å². The number of amides is 1. The van der Waals surface area contributed by atoms with Gasteiger partial charge < -0.3 is 5.32 Å². The number of benzene rings is 1. The summed E-state index contributed by atoms with van der Waals surface area (Å²) in [5, 5.41) is 11.8. The molecule has 2 N–H and O–H groups in total. The average molecular weight is 344 g/mol. The molecule has 0 spiro atoms. The van der Waals surface area contributed by atoms with Gasteiger partial charge >= 0.3 is 0 Å². The van der Waals surface area contributed by atoms with Gasteiger partial charge in [-0.3, -0.25) is 14.5 Å². The van der Waals surface area contributed by atoms with Crippen molar-refractivity contribution in [2.45, 2.75) is 19.9 Å². The third-order valence-electron chi connectivity index (χ3n) is 3.45. The van der Waals surface area contributed by atoms with E-state index in [2.05, 4.69) is 22.4 Å². The predicted octanol–water partition coefficient (Wildman–Crippen LogP) is 3.87. The van der Waals surface area contributed by atoms with Gasteiger partial charge in [0.2, 0.25) is 5.91 Å². The van der Waals surface area contributed by atoms with Crippen LogP contribution in [0.4, 0.5) is 5.69 Å². The molecule has 0 saturated heterocycles. The zero-order chi connectivity index (χ0) is 16.2. The topological polar surface area (TPSA) is 62.7 Å². The highest BCUT2D eigenvalue weighted by Gasteiger charge is 2.13. The van der Waals surface area contributed by atoms with Crippen LogP contribution in [0.25, 0.3) is 10.7 Å². The van der Waals surface area contributed by atoms with Gasteiger partial charge in [0.15, 0.2) is 10.6 Å². The van der Waals surface area contributed by atoms with Crippen molar-refractivity contribution >= 4 is 35.1 Å². The van der Waals surface area contributed by atoms with E-state index in [4.69, 9.17) is 12.2 Å². The highest BCUT2D eigenvalue weighted by atomic mass is 32.1. The Morgan fingerprint density at radius 2 is 2.13 bits per heavy atom. The van der Waals surface area contributed by atoms with Crippen LogP contribution in [0.2, 0.25) is 0 Å². The molecular weight excluding hydrogens is 328 g/mol. The number of aromatic nitrogens is 3. The Balaban J connectivity index is 1.75. The predicted molar refractivity (Wildman–Crippen MR) is 95.2 cm³/mol. The summed E-state index contributed by atoms with van der Waals surface area (Å²) in [7, 11) is 0. The molecule has 0 radical (unpaired) electrons. The minimum atomic E-state index is -0.135. The van der Waals surface area contributed by atoms with E-state index >= 15 is 0 Å². The van der Waals surface area contributed by atoms with Crippen molar-refractivity contribution in [2.24, 2.45) is 0 Å². The minimum Gasteiger partial charge on any atom is -0.325 e. The number of aryl methyl sites for hydroxylation is 1. The number of aromatic amines is 1. The van der Waals surface area contributed by atoms with Gasteiger partial charge in [-0.05, 0) is 47.8 Å². The number of carbonyl (C=O) groups excluding carboxylic acids is 1. The minimum absolute atomic E-state index is 0.123. The van der Waals surface area contributed by atoms with Gasteiger partial charge in [0.25, 0.3) is 0 Å². The van der Waals surface area contributed by atoms with Crippen molar-refractivity contribution in [3.8, 4) is 10.7 Å². The van der Waals surface area contributed by atoms with E-state index in [9.17, 15) is 4.79 Å². The van der Waals surface area contributed by atoms with Crippen LogP contribution in [0.5, 0.6) is 0 Å². The van der Waals surface area contributed by atoms with Crippen LogP contribution < -0.4 is 5.32 Å². The van der Waals surface area contributed by atoms with Gasteiger partial charge in [0.05, 0.1) is 4.88 Å². The Labute approximate surface area is 143 Å². The summed E-state index contributed by atoms with van der Waals surface area (Å²) in [5.74, 6) is 0.547. The summed E-state index contributed by atoms with van der Waals surface area (Å²) in [6.45, 7) is 2.22. The molecule has 118 valence electrons. The quantitative estimate of drug-likeness (QED) is 0.691. The Morgan fingerprint density at radius 1 is 1.35 bits per heavy atom. The van der Waals surface area contributed by atoms with Crippen LogP contribution in [0, 0.1) is 4.77 Å². The van der Waals surface area contributed by atoms with E-state index in [1.165, 1.54) is 5.56 Å². The molecule has 0 atom stereocenters. The molecule has 0 unspecified atom stereocenters. The number of anilines is 1. The van der Waals surface area contributed by atoms with Gasteiger partial charge in [-0.1, -0.05) is 25.1 Å². The van der Waals surface area contributed by atoms with Gasteiger partial charge in [0.1, 0.15) is 6.54 Å². The molecule has 0 aliphatic rings. The normalized spacial score (nSPS) is 10.7. The first-order valence-corrected chi connectivity index (χ1v) is 8.54. The highest BCUT2D eigenvalue weighted by molar-refractivity contribution is 7.71. The molecule has 0 fully saturated rings. The van der Waals surface area contributed by atoms with Gasteiger partial charge in [-0.15, -0.1) is 11.3 Å². The molecule has 1 aromatic carbocycles. The molecule has 23 heavy (non-hydrogen) atoms. The first kappa shape index (κ1) is 15.6. The standard InChI is InChI=1S/C16H16N4OS2/c1-2-11-5-7-12(8-6-11)17-14(21)10-20-15(18-19-16(20)22)13-4-3-9-23-13/h3-9H,2,10H2,1H3,(H,17,21)(H,19,22). The molecule has 2 heterocycles. The fourth-order valence-corrected chi connectivity index (χ4v) is 3.14. The number of nitrogens with zero attached hydrogens (tertiary/aromatic N) is 2. The van der Waals surface area contributed by atoms with Crippen LogP contribution in [0.15, 0.2) is 41.8 Å². The number of hydrogen-bond acceptors (Lipinski definition) is 4. The zero-order valence-corrected chi connectivity index (χ0v) is 14.2. The lowest BCUT2D eigenvalue weighted by atomic mass is 10.1. The lowest BCUT2D eigenvalue weighted by molar-refractivity contribution is -0.116. The van der Waals surface area contributed by atoms with E-state index in [1.807, 2.05) is 41.8 Å². The van der Waals surface area contributed by atoms with E-state index in [0.29, 0.717) is 10.6 Å². The summed E-state index contributed by atoms with van der Waals surface area (Å²) in [5.41, 5.74) is 2.01. The summed E-state index contributed by atoms with van der Waals surface area (Å²) < 4.78 is 2.14. The SMILES string of the molecule is CCc1ccc(NC(=O)Cn2c(-c3cccs3)n[nH]c2=S)cc1. The molecule has 3 aromatic rings. The summed E-state index contributed by atoms with van der Waals surface area (Å²) in [6.07, 6.45) is 0.975. The maximum Gasteiger partial charge on any atom is 0.244 e. The number of thiophene rings is 1. The van der Waals surface area contributed by atoms with Crippen LogP contribution in [0.1, 0.15) is 12.5 Å². The van der Waals surface area contributed by atoms with E-state index < -0.39 is 0 Å². The van der Waals surface area contributed by atoms with Crippen molar-refractivity contribution in [3.05, 3.63) is 52.1 Å². The third-order valence-corrected chi connectivity index (χ3v) is 4.62. The molecule has 0 saturated carbocycles. The lowest BCUT2D eigenvalue weighted by Gasteiger charge is -2.08. The lowest BCUT2D eigenvalue weighted by Crippen LogP contribution is -2.19. The van der Waals surface area contributed by atoms with Gasteiger partial charge in [-0.2, -0.15) is 5.10 Å². The highest BCUT2D eigenvalue weighted by Crippen LogP contribution is 2.22. The molecule has 0 bridgehead atoms. The van der Waals surface area contributed by atoms with Crippen molar-refractivity contribution in [3.63, 3.8) is 0 Å². The van der Waals surface area contributed by atoms with Crippen LogP contribution >= 0.6 is 23.6 Å². The van der Waals surface area contributed by atoms with Crippen LogP contribution in [-0.2, 0) is 17.8 Å². The Kier molecular flexibility index (Phi) is 4.68. The first-order chi connectivity index (χ1) is 11.2. The maximum absolute atomic E-state index is 12.3. The summed E-state index contributed by atoms with van der Waals surface area (Å²) >= 11 is 6.79. The fraction of sp³-hybridized carbons (Fsp3) is 0.188. The molecule has 0 aliphatic heterocycles. The molecule has 2 aromatic heterocycles. The Morgan fingerprint density at radius 3 is 2.78 bits per heavy atom. The fourth-order valence-electron chi connectivity index (χ4n) is 2.23. The van der Waals surface area contributed by atoms with E-state index in [1.54, 1.807) is 15.9 Å². The molecule has 1 amide bonds. The molecule has 7 heteroatoms. The van der Waals surface area contributed by atoms with Crippen LogP contribution in [0.3, 0.4) is 0 Å². The second-order valence-electron chi connectivity index (χ2n) is 5.01.